The number of halogens is 2. The van der Waals surface area contributed by atoms with Crippen molar-refractivity contribution < 1.29 is 23.7 Å². The lowest BCUT2D eigenvalue weighted by atomic mass is 9.83. The van der Waals surface area contributed by atoms with Crippen molar-refractivity contribution in [3.05, 3.63) is 59.3 Å². The Morgan fingerprint density at radius 2 is 2.08 bits per heavy atom. The third kappa shape index (κ3) is 5.70. The summed E-state index contributed by atoms with van der Waals surface area (Å²) in [6, 6.07) is 12.4. The molecule has 0 unspecified atom stereocenters. The molecule has 10 heteroatoms. The minimum Gasteiger partial charge on any atom is -0.434 e. The Morgan fingerprint density at radius 1 is 1.28 bits per heavy atom. The van der Waals surface area contributed by atoms with Crippen molar-refractivity contribution in [1.29, 1.82) is 5.26 Å². The Morgan fingerprint density at radius 3 is 2.78 bits per heavy atom. The van der Waals surface area contributed by atoms with Crippen molar-refractivity contribution in [1.82, 2.24) is 19.9 Å². The van der Waals surface area contributed by atoms with Crippen molar-refractivity contribution in [3.63, 3.8) is 0 Å². The molecule has 0 saturated carbocycles. The van der Waals surface area contributed by atoms with Gasteiger partial charge < -0.3 is 14.9 Å². The van der Waals surface area contributed by atoms with E-state index in [0.717, 1.165) is 30.5 Å². The van der Waals surface area contributed by atoms with E-state index < -0.39 is 12.2 Å². The Kier molecular flexibility index (Phi) is 7.64. The molecular weight excluding hydrogens is 468 g/mol. The van der Waals surface area contributed by atoms with Crippen LogP contribution in [-0.2, 0) is 6.54 Å². The molecule has 0 aliphatic carbocycles. The second-order valence-corrected chi connectivity index (χ2v) is 9.45. The van der Waals surface area contributed by atoms with Crippen LogP contribution < -0.4 is 4.74 Å². The Balaban J connectivity index is 1.57. The highest BCUT2D eigenvalue weighted by Gasteiger charge is 2.34. The molecule has 1 saturated heterocycles. The zero-order valence-corrected chi connectivity index (χ0v) is 20.2. The van der Waals surface area contributed by atoms with Crippen LogP contribution in [0.25, 0.3) is 16.9 Å². The van der Waals surface area contributed by atoms with E-state index in [4.69, 9.17) is 10.00 Å². The number of benzene rings is 2. The van der Waals surface area contributed by atoms with Gasteiger partial charge in [0.15, 0.2) is 0 Å². The molecule has 0 amide bonds. The fourth-order valence-corrected chi connectivity index (χ4v) is 4.63. The first-order valence-corrected chi connectivity index (χ1v) is 11.8. The second-order valence-electron chi connectivity index (χ2n) is 9.45. The predicted octanol–water partition coefficient (Wildman–Crippen LogP) is 3.67. The molecule has 1 fully saturated rings. The van der Waals surface area contributed by atoms with Crippen LogP contribution in [0.4, 0.5) is 8.78 Å². The average Bonchev–Trinajstić information content (AvgIpc) is 3.35. The van der Waals surface area contributed by atoms with Gasteiger partial charge in [-0.3, -0.25) is 4.90 Å². The van der Waals surface area contributed by atoms with Gasteiger partial charge in [-0.2, -0.15) is 14.0 Å². The summed E-state index contributed by atoms with van der Waals surface area (Å²) < 4.78 is 32.9. The van der Waals surface area contributed by atoms with Crippen molar-refractivity contribution in [3.8, 4) is 28.8 Å². The highest BCUT2D eigenvalue weighted by molar-refractivity contribution is 5.64. The van der Waals surface area contributed by atoms with Gasteiger partial charge in [0.05, 0.1) is 35.7 Å². The maximum Gasteiger partial charge on any atom is 0.387 e. The van der Waals surface area contributed by atoms with E-state index in [1.165, 1.54) is 10.7 Å². The lowest BCUT2D eigenvalue weighted by Crippen LogP contribution is -2.47. The van der Waals surface area contributed by atoms with E-state index in [9.17, 15) is 19.0 Å². The quantitative estimate of drug-likeness (QED) is 0.489. The lowest BCUT2D eigenvalue weighted by molar-refractivity contribution is -0.0702. The summed E-state index contributed by atoms with van der Waals surface area (Å²) in [5.74, 6) is -0.0700. The summed E-state index contributed by atoms with van der Waals surface area (Å²) in [5, 5.41) is 37.4. The van der Waals surface area contributed by atoms with E-state index in [1.807, 2.05) is 6.92 Å². The number of ether oxygens (including phenoxy) is 1. The molecule has 0 spiro atoms. The smallest absolute Gasteiger partial charge is 0.387 e. The predicted molar refractivity (Wildman–Crippen MR) is 129 cm³/mol. The highest BCUT2D eigenvalue weighted by Crippen LogP contribution is 2.31. The molecule has 1 aliphatic heterocycles. The third-order valence-electron chi connectivity index (χ3n) is 6.76. The highest BCUT2D eigenvalue weighted by atomic mass is 19.3. The first kappa shape index (κ1) is 25.7. The van der Waals surface area contributed by atoms with Gasteiger partial charge in [0.25, 0.3) is 0 Å². The monoisotopic (exact) mass is 497 g/mol. The van der Waals surface area contributed by atoms with Gasteiger partial charge in [0.1, 0.15) is 11.4 Å². The molecule has 2 heterocycles. The van der Waals surface area contributed by atoms with Crippen molar-refractivity contribution in [2.24, 2.45) is 5.92 Å². The molecule has 2 N–H and O–H groups in total. The minimum atomic E-state index is -2.99. The van der Waals surface area contributed by atoms with Crippen molar-refractivity contribution in [2.45, 2.75) is 45.4 Å². The lowest BCUT2D eigenvalue weighted by Gasteiger charge is -2.39. The van der Waals surface area contributed by atoms with Gasteiger partial charge in [-0.05, 0) is 57.0 Å². The standard InChI is InChI=1S/C26H29F2N5O3/c1-17-10-18(12-29)5-8-22(17)23-15-33(31-30-23)21-7-6-19(24(11-21)36-25(27)28)13-32-9-3-4-20(14-32)26(2,35)16-34/h5-8,10-11,15,20,25,34-35H,3-4,9,13-14,16H2,1-2H3/t20-,26+/m0/s1. The summed E-state index contributed by atoms with van der Waals surface area (Å²) in [4.78, 5) is 2.08. The zero-order valence-electron chi connectivity index (χ0n) is 20.2. The van der Waals surface area contributed by atoms with Crippen LogP contribution in [0.3, 0.4) is 0 Å². The number of rotatable bonds is 8. The molecule has 1 aromatic heterocycles. The summed E-state index contributed by atoms with van der Waals surface area (Å²) in [5.41, 5.74) is 2.74. The zero-order chi connectivity index (χ0) is 25.9. The molecule has 0 radical (unpaired) electrons. The van der Waals surface area contributed by atoms with Crippen LogP contribution >= 0.6 is 0 Å². The SMILES string of the molecule is Cc1cc(C#N)ccc1-c1cn(-c2ccc(CN3CCC[C@H]([C@](C)(O)CO)C3)c(OC(F)F)c2)nn1. The van der Waals surface area contributed by atoms with Crippen molar-refractivity contribution in [2.75, 3.05) is 19.7 Å². The molecule has 0 bridgehead atoms. The van der Waals surface area contributed by atoms with E-state index in [2.05, 4.69) is 21.3 Å². The van der Waals surface area contributed by atoms with Crippen LogP contribution in [0.1, 0.15) is 36.5 Å². The number of aromatic nitrogens is 3. The maximum atomic E-state index is 13.3. The Labute approximate surface area is 208 Å². The van der Waals surface area contributed by atoms with Crippen LogP contribution in [0.5, 0.6) is 5.75 Å². The fourth-order valence-electron chi connectivity index (χ4n) is 4.63. The molecule has 2 atom stereocenters. The normalized spacial score (nSPS) is 18.1. The van der Waals surface area contributed by atoms with Crippen LogP contribution in [0, 0.1) is 24.2 Å². The first-order valence-electron chi connectivity index (χ1n) is 11.8. The minimum absolute atomic E-state index is 0.0464. The summed E-state index contributed by atoms with van der Waals surface area (Å²) in [6.07, 6.45) is 3.32. The Bertz CT molecular complexity index is 1250. The van der Waals surface area contributed by atoms with Crippen LogP contribution in [0.15, 0.2) is 42.6 Å². The number of aryl methyl sites for hydroxylation is 1. The molecule has 190 valence electrons. The number of likely N-dealkylation sites (tertiary alicyclic amines) is 1. The number of alkyl halides is 2. The molecule has 8 nitrogen and oxygen atoms in total. The van der Waals surface area contributed by atoms with E-state index in [1.54, 1.807) is 43.5 Å². The van der Waals surface area contributed by atoms with E-state index >= 15 is 0 Å². The second kappa shape index (κ2) is 10.7. The third-order valence-corrected chi connectivity index (χ3v) is 6.76. The topological polar surface area (TPSA) is 107 Å². The average molecular weight is 498 g/mol. The van der Waals surface area contributed by atoms with Crippen LogP contribution in [0.2, 0.25) is 0 Å². The molecule has 3 aromatic rings. The number of nitrogens with zero attached hydrogens (tertiary/aromatic N) is 5. The van der Waals surface area contributed by atoms with Gasteiger partial charge in [-0.15, -0.1) is 5.10 Å². The van der Waals surface area contributed by atoms with Gasteiger partial charge in [-0.1, -0.05) is 17.3 Å². The molecular formula is C26H29F2N5O3. The fraction of sp³-hybridized carbons (Fsp3) is 0.423. The maximum absolute atomic E-state index is 13.3. The molecule has 4 rings (SSSR count). The van der Waals surface area contributed by atoms with E-state index in [0.29, 0.717) is 35.6 Å². The van der Waals surface area contributed by atoms with Gasteiger partial charge in [-0.25, -0.2) is 4.68 Å². The summed E-state index contributed by atoms with van der Waals surface area (Å²) >= 11 is 0. The van der Waals surface area contributed by atoms with Gasteiger partial charge in [0.2, 0.25) is 0 Å². The number of hydrogen-bond donors (Lipinski definition) is 2. The number of piperidine rings is 1. The first-order chi connectivity index (χ1) is 17.2. The van der Waals surface area contributed by atoms with Gasteiger partial charge >= 0.3 is 6.61 Å². The molecule has 2 aromatic carbocycles. The summed E-state index contributed by atoms with van der Waals surface area (Å²) in [6.45, 7) is 1.84. The van der Waals surface area contributed by atoms with Gasteiger partial charge in [0, 0.05) is 36.2 Å². The Hall–Kier alpha value is -3.39. The van der Waals surface area contributed by atoms with Crippen LogP contribution in [-0.4, -0.2) is 62.0 Å². The molecule has 36 heavy (non-hydrogen) atoms. The number of aliphatic hydroxyl groups excluding tert-OH is 1. The van der Waals surface area contributed by atoms with Crippen molar-refractivity contribution >= 4 is 0 Å². The molecule has 1 aliphatic rings. The number of hydrogen-bond acceptors (Lipinski definition) is 7. The van der Waals surface area contributed by atoms with E-state index in [-0.39, 0.29) is 18.3 Å². The largest absolute Gasteiger partial charge is 0.434 e. The summed E-state index contributed by atoms with van der Waals surface area (Å²) in [7, 11) is 0. The number of nitriles is 1. The number of aliphatic hydroxyl groups is 2.